The molecule has 0 saturated carbocycles. The largest absolute Gasteiger partial charge is 0.324 e. The summed E-state index contributed by atoms with van der Waals surface area (Å²) in [5.41, 5.74) is 1.05. The molecule has 0 radical (unpaired) electrons. The Hall–Kier alpha value is -2.91. The van der Waals surface area contributed by atoms with E-state index < -0.39 is 10.2 Å². The highest BCUT2D eigenvalue weighted by molar-refractivity contribution is 8.00. The van der Waals surface area contributed by atoms with Gasteiger partial charge >= 0.3 is 0 Å². The van der Waals surface area contributed by atoms with E-state index in [1.165, 1.54) is 30.0 Å². The summed E-state index contributed by atoms with van der Waals surface area (Å²) < 4.78 is 1.79. The van der Waals surface area contributed by atoms with Gasteiger partial charge in [0.1, 0.15) is 6.33 Å². The zero-order valence-electron chi connectivity index (χ0n) is 14.1. The van der Waals surface area contributed by atoms with Crippen LogP contribution in [0, 0.1) is 10.1 Å². The van der Waals surface area contributed by atoms with E-state index in [-0.39, 0.29) is 16.6 Å². The predicted octanol–water partition coefficient (Wildman–Crippen LogP) is 3.95. The Bertz CT molecular complexity index is 980. The summed E-state index contributed by atoms with van der Waals surface area (Å²) >= 11 is 7.26. The van der Waals surface area contributed by atoms with Gasteiger partial charge in [0.2, 0.25) is 5.91 Å². The molecule has 0 spiro atoms. The average Bonchev–Trinajstić information content (AvgIpc) is 3.12. The Kier molecular flexibility index (Phi) is 5.72. The SMILES string of the molecule is C[C@@H](Sc1nncn1-c1ccccc1)C(=O)Nc1ccc([N+](=O)[O-])cc1Cl. The lowest BCUT2D eigenvalue weighted by molar-refractivity contribution is -0.384. The van der Waals surface area contributed by atoms with Crippen LogP contribution in [0.2, 0.25) is 5.02 Å². The first kappa shape index (κ1) is 18.9. The maximum atomic E-state index is 12.5. The first-order valence-electron chi connectivity index (χ1n) is 7.82. The summed E-state index contributed by atoms with van der Waals surface area (Å²) in [6.45, 7) is 1.73. The number of amides is 1. The van der Waals surface area contributed by atoms with Gasteiger partial charge < -0.3 is 5.32 Å². The molecule has 10 heteroatoms. The molecule has 3 aromatic rings. The molecule has 27 heavy (non-hydrogen) atoms. The Morgan fingerprint density at radius 2 is 2.04 bits per heavy atom. The van der Waals surface area contributed by atoms with Gasteiger partial charge in [-0.25, -0.2) is 0 Å². The second-order valence-corrected chi connectivity index (χ2v) is 7.20. The molecule has 1 amide bonds. The van der Waals surface area contributed by atoms with Crippen LogP contribution in [0.4, 0.5) is 11.4 Å². The molecule has 2 aromatic carbocycles. The molecule has 0 unspecified atom stereocenters. The fourth-order valence-electron chi connectivity index (χ4n) is 2.24. The molecule has 138 valence electrons. The van der Waals surface area contributed by atoms with Crippen molar-refractivity contribution in [2.24, 2.45) is 0 Å². The number of non-ortho nitro benzene ring substituents is 1. The lowest BCUT2D eigenvalue weighted by atomic mass is 10.2. The highest BCUT2D eigenvalue weighted by Gasteiger charge is 2.20. The summed E-state index contributed by atoms with van der Waals surface area (Å²) in [5.74, 6) is -0.307. The Balaban J connectivity index is 1.71. The first-order valence-corrected chi connectivity index (χ1v) is 9.08. The van der Waals surface area contributed by atoms with Crippen LogP contribution in [0.5, 0.6) is 0 Å². The van der Waals surface area contributed by atoms with E-state index in [0.717, 1.165) is 5.69 Å². The molecule has 0 aliphatic carbocycles. The maximum Gasteiger partial charge on any atom is 0.271 e. The summed E-state index contributed by atoms with van der Waals surface area (Å²) in [6.07, 6.45) is 1.58. The molecule has 1 atom stereocenters. The normalized spacial score (nSPS) is 11.8. The van der Waals surface area contributed by atoms with Crippen molar-refractivity contribution in [3.8, 4) is 5.69 Å². The molecule has 0 aliphatic heterocycles. The van der Waals surface area contributed by atoms with E-state index in [1.807, 2.05) is 30.3 Å². The van der Waals surface area contributed by atoms with Gasteiger partial charge in [-0.1, -0.05) is 41.6 Å². The minimum Gasteiger partial charge on any atom is -0.324 e. The molecular formula is C17H14ClN5O3S. The van der Waals surface area contributed by atoms with Gasteiger partial charge in [0.25, 0.3) is 5.69 Å². The number of nitro benzene ring substituents is 1. The van der Waals surface area contributed by atoms with Gasteiger partial charge in [-0.15, -0.1) is 10.2 Å². The topological polar surface area (TPSA) is 103 Å². The Morgan fingerprint density at radius 3 is 2.70 bits per heavy atom. The molecule has 1 aromatic heterocycles. The minimum atomic E-state index is -0.549. The Morgan fingerprint density at radius 1 is 1.30 bits per heavy atom. The molecule has 0 fully saturated rings. The zero-order valence-corrected chi connectivity index (χ0v) is 15.6. The van der Waals surface area contributed by atoms with Crippen LogP contribution < -0.4 is 5.32 Å². The van der Waals surface area contributed by atoms with Crippen molar-refractivity contribution in [1.29, 1.82) is 0 Å². The Labute approximate surface area is 163 Å². The van der Waals surface area contributed by atoms with Crippen molar-refractivity contribution in [2.75, 3.05) is 5.32 Å². The van der Waals surface area contributed by atoms with Gasteiger partial charge in [-0.05, 0) is 25.1 Å². The number of anilines is 1. The summed E-state index contributed by atoms with van der Waals surface area (Å²) in [5, 5.41) is 21.6. The van der Waals surface area contributed by atoms with Crippen molar-refractivity contribution in [3.05, 3.63) is 70.0 Å². The zero-order chi connectivity index (χ0) is 19.4. The second kappa shape index (κ2) is 8.19. The van der Waals surface area contributed by atoms with E-state index in [0.29, 0.717) is 10.8 Å². The number of hydrogen-bond donors (Lipinski definition) is 1. The van der Waals surface area contributed by atoms with Crippen molar-refractivity contribution >= 4 is 40.6 Å². The van der Waals surface area contributed by atoms with Crippen molar-refractivity contribution < 1.29 is 9.72 Å². The van der Waals surface area contributed by atoms with Crippen molar-refractivity contribution in [2.45, 2.75) is 17.3 Å². The van der Waals surface area contributed by atoms with E-state index in [9.17, 15) is 14.9 Å². The number of nitrogens with zero attached hydrogens (tertiary/aromatic N) is 4. The predicted molar refractivity (Wildman–Crippen MR) is 103 cm³/mol. The lowest BCUT2D eigenvalue weighted by Gasteiger charge is -2.13. The molecule has 1 N–H and O–H groups in total. The number of nitro groups is 1. The molecule has 0 saturated heterocycles. The number of rotatable bonds is 6. The quantitative estimate of drug-likeness (QED) is 0.379. The van der Waals surface area contributed by atoms with Gasteiger partial charge in [-0.3, -0.25) is 19.5 Å². The number of benzene rings is 2. The number of carbonyl (C=O) groups excluding carboxylic acids is 1. The van der Waals surface area contributed by atoms with Gasteiger partial charge in [-0.2, -0.15) is 0 Å². The molecule has 3 rings (SSSR count). The third-order valence-electron chi connectivity index (χ3n) is 3.62. The number of halogens is 1. The summed E-state index contributed by atoms with van der Waals surface area (Å²) in [6, 6.07) is 13.4. The van der Waals surface area contributed by atoms with Crippen LogP contribution in [0.1, 0.15) is 6.92 Å². The smallest absolute Gasteiger partial charge is 0.271 e. The third-order valence-corrected chi connectivity index (χ3v) is 4.99. The number of hydrogen-bond acceptors (Lipinski definition) is 6. The van der Waals surface area contributed by atoms with Crippen LogP contribution in [-0.4, -0.2) is 30.8 Å². The monoisotopic (exact) mass is 403 g/mol. The highest BCUT2D eigenvalue weighted by atomic mass is 35.5. The van der Waals surface area contributed by atoms with Crippen LogP contribution >= 0.6 is 23.4 Å². The number of carbonyl (C=O) groups is 1. The van der Waals surface area contributed by atoms with Crippen LogP contribution in [0.3, 0.4) is 0 Å². The number of aromatic nitrogens is 3. The molecule has 0 bridgehead atoms. The fraction of sp³-hybridized carbons (Fsp3) is 0.118. The number of thioether (sulfide) groups is 1. The number of para-hydroxylation sites is 1. The van der Waals surface area contributed by atoms with Crippen LogP contribution in [-0.2, 0) is 4.79 Å². The summed E-state index contributed by atoms with van der Waals surface area (Å²) in [7, 11) is 0. The first-order chi connectivity index (χ1) is 13.0. The second-order valence-electron chi connectivity index (χ2n) is 5.49. The van der Waals surface area contributed by atoms with E-state index in [4.69, 9.17) is 11.6 Å². The summed E-state index contributed by atoms with van der Waals surface area (Å²) in [4.78, 5) is 22.7. The maximum absolute atomic E-state index is 12.5. The number of nitrogens with one attached hydrogen (secondary N) is 1. The third kappa shape index (κ3) is 4.44. The van der Waals surface area contributed by atoms with Crippen molar-refractivity contribution in [3.63, 3.8) is 0 Å². The highest BCUT2D eigenvalue weighted by Crippen LogP contribution is 2.29. The van der Waals surface area contributed by atoms with Gasteiger partial charge in [0.15, 0.2) is 5.16 Å². The van der Waals surface area contributed by atoms with Crippen LogP contribution in [0.15, 0.2) is 60.0 Å². The molecular weight excluding hydrogens is 390 g/mol. The molecule has 0 aliphatic rings. The van der Waals surface area contributed by atoms with Crippen molar-refractivity contribution in [1.82, 2.24) is 14.8 Å². The van der Waals surface area contributed by atoms with Crippen LogP contribution in [0.25, 0.3) is 5.69 Å². The van der Waals surface area contributed by atoms with E-state index >= 15 is 0 Å². The molecule has 8 nitrogen and oxygen atoms in total. The average molecular weight is 404 g/mol. The molecule has 1 heterocycles. The lowest BCUT2D eigenvalue weighted by Crippen LogP contribution is -2.23. The van der Waals surface area contributed by atoms with Gasteiger partial charge in [0.05, 0.1) is 20.9 Å². The fourth-order valence-corrected chi connectivity index (χ4v) is 3.30. The van der Waals surface area contributed by atoms with Gasteiger partial charge in [0, 0.05) is 17.8 Å². The van der Waals surface area contributed by atoms with E-state index in [1.54, 1.807) is 17.8 Å². The van der Waals surface area contributed by atoms with E-state index in [2.05, 4.69) is 15.5 Å². The standard InChI is InChI=1S/C17H14ClN5O3S/c1-11(16(24)20-15-8-7-13(23(25)26)9-14(15)18)27-17-21-19-10-22(17)12-5-3-2-4-6-12/h2-11H,1H3,(H,20,24)/t11-/m1/s1. The minimum absolute atomic E-state index is 0.0993.